The molecule has 0 spiro atoms. The van der Waals surface area contributed by atoms with Crippen LogP contribution in [0.2, 0.25) is 0 Å². The number of aromatic nitrogens is 2. The summed E-state index contributed by atoms with van der Waals surface area (Å²) in [6.45, 7) is -1.59. The predicted octanol–water partition coefficient (Wildman–Crippen LogP) is -3.84. The van der Waals surface area contributed by atoms with E-state index in [1.807, 2.05) is 10.4 Å². The number of aliphatic carboxylic acids is 2. The highest BCUT2D eigenvalue weighted by atomic mass is 32.1. The highest BCUT2D eigenvalue weighted by Gasteiger charge is 2.45. The molecule has 232 valence electrons. The zero-order valence-corrected chi connectivity index (χ0v) is 23.0. The number of anilines is 1. The average Bonchev–Trinajstić information content (AvgIpc) is 3.15. The number of carbonyl (C=O) groups is 4. The Morgan fingerprint density at radius 2 is 1.83 bits per heavy atom. The number of nitrogens with zero attached hydrogens (tertiary/aromatic N) is 2. The lowest BCUT2D eigenvalue weighted by Crippen LogP contribution is -2.53. The van der Waals surface area contributed by atoms with Gasteiger partial charge in [0, 0.05) is 18.4 Å². The molecule has 2 rings (SSSR count). The Labute approximate surface area is 236 Å². The molecule has 1 aromatic heterocycles. The molecule has 0 aromatic carbocycles. The van der Waals surface area contributed by atoms with Crippen molar-refractivity contribution in [2.24, 2.45) is 0 Å². The third-order valence-electron chi connectivity index (χ3n) is 5.39. The Morgan fingerprint density at radius 1 is 1.17 bits per heavy atom. The highest BCUT2D eigenvalue weighted by Crippen LogP contribution is 2.40. The van der Waals surface area contributed by atoms with Crippen LogP contribution < -0.4 is 33.3 Å². The van der Waals surface area contributed by atoms with Crippen molar-refractivity contribution in [1.82, 2.24) is 31.4 Å². The maximum Gasteiger partial charge on any atom is 0.403 e. The van der Waals surface area contributed by atoms with E-state index in [1.54, 1.807) is 0 Å². The monoisotopic (exact) mass is 629 g/mol. The van der Waals surface area contributed by atoms with E-state index < -0.39 is 99.8 Å². The molecule has 0 bridgehead atoms. The van der Waals surface area contributed by atoms with Crippen LogP contribution >= 0.6 is 20.4 Å². The number of hydrogen-bond donors (Lipinski definition) is 11. The Morgan fingerprint density at radius 3 is 2.39 bits per heavy atom. The zero-order valence-electron chi connectivity index (χ0n) is 21.2. The van der Waals surface area contributed by atoms with Crippen LogP contribution in [-0.2, 0) is 33.0 Å². The molecule has 2 heterocycles. The van der Waals surface area contributed by atoms with Crippen LogP contribution in [0.5, 0.6) is 0 Å². The largest absolute Gasteiger partial charge is 0.481 e. The minimum Gasteiger partial charge on any atom is -0.481 e. The van der Waals surface area contributed by atoms with Gasteiger partial charge >= 0.3 is 25.4 Å². The van der Waals surface area contributed by atoms with Gasteiger partial charge in [-0.1, -0.05) is 0 Å². The molecule has 22 heteroatoms. The maximum absolute atomic E-state index is 12.7. The number of thiol groups is 1. The lowest BCUT2D eigenvalue weighted by atomic mass is 10.1. The first-order valence-corrected chi connectivity index (χ1v) is 13.6. The molecule has 1 aliphatic rings. The van der Waals surface area contributed by atoms with E-state index in [-0.39, 0.29) is 17.7 Å². The molecule has 1 saturated heterocycles. The zero-order chi connectivity index (χ0) is 30.2. The summed E-state index contributed by atoms with van der Waals surface area (Å²) in [6.07, 6.45) is -6.30. The van der Waals surface area contributed by atoms with Crippen LogP contribution in [0.1, 0.15) is 19.1 Å². The summed E-state index contributed by atoms with van der Waals surface area (Å²) in [6, 6.07) is -1.85. The number of carboxylic acids is 2. The van der Waals surface area contributed by atoms with Gasteiger partial charge in [-0.3, -0.25) is 28.3 Å². The minimum atomic E-state index is -4.94. The molecular weight excluding hydrogens is 597 g/mol. The quantitative estimate of drug-likeness (QED) is 0.0653. The molecular formula is C19H32N7O13PS. The van der Waals surface area contributed by atoms with Crippen LogP contribution in [0, 0.1) is 0 Å². The van der Waals surface area contributed by atoms with Crippen molar-refractivity contribution in [2.75, 3.05) is 24.6 Å². The molecule has 0 saturated carbocycles. The third kappa shape index (κ3) is 10.6. The van der Waals surface area contributed by atoms with Gasteiger partial charge < -0.3 is 52.6 Å². The van der Waals surface area contributed by atoms with Crippen molar-refractivity contribution in [1.29, 1.82) is 0 Å². The summed E-state index contributed by atoms with van der Waals surface area (Å²) < 4.78 is 23.8. The fourth-order valence-electron chi connectivity index (χ4n) is 3.40. The van der Waals surface area contributed by atoms with Crippen molar-refractivity contribution in [2.45, 2.75) is 49.5 Å². The molecule has 20 nitrogen and oxygen atoms in total. The average molecular weight is 630 g/mol. The van der Waals surface area contributed by atoms with Crippen molar-refractivity contribution < 1.29 is 58.3 Å². The van der Waals surface area contributed by atoms with Gasteiger partial charge in [-0.15, -0.1) is 0 Å². The molecule has 7 atom stereocenters. The van der Waals surface area contributed by atoms with Gasteiger partial charge in [-0.2, -0.15) is 17.6 Å². The summed E-state index contributed by atoms with van der Waals surface area (Å²) in [5.74, 6) is -5.15. The fraction of sp³-hybridized carbons (Fsp3) is 0.579. The van der Waals surface area contributed by atoms with Gasteiger partial charge in [-0.05, 0) is 12.5 Å². The predicted molar refractivity (Wildman–Crippen MR) is 140 cm³/mol. The molecule has 1 unspecified atom stereocenters. The van der Waals surface area contributed by atoms with Gasteiger partial charge in [-0.25, -0.2) is 14.4 Å². The molecule has 1 aromatic rings. The number of nitrogens with two attached hydrogens (primary N) is 1. The van der Waals surface area contributed by atoms with Gasteiger partial charge in [0.25, 0.3) is 0 Å². The van der Waals surface area contributed by atoms with E-state index >= 15 is 0 Å². The van der Waals surface area contributed by atoms with Gasteiger partial charge in [0.05, 0.1) is 12.6 Å². The van der Waals surface area contributed by atoms with Crippen molar-refractivity contribution in [3.05, 3.63) is 22.7 Å². The summed E-state index contributed by atoms with van der Waals surface area (Å²) in [7, 11) is -4.94. The second kappa shape index (κ2) is 15.7. The molecule has 0 aliphatic carbocycles. The molecule has 0 radical (unpaired) electrons. The fourth-order valence-corrected chi connectivity index (χ4v) is 4.72. The Kier molecular flexibility index (Phi) is 13.8. The minimum absolute atomic E-state index is 0. The van der Waals surface area contributed by atoms with Crippen LogP contribution in [0.4, 0.5) is 5.82 Å². The van der Waals surface area contributed by atoms with Crippen molar-refractivity contribution >= 4 is 49.9 Å². The highest BCUT2D eigenvalue weighted by molar-refractivity contribution is 7.80. The van der Waals surface area contributed by atoms with Crippen LogP contribution in [0.25, 0.3) is 0 Å². The second-order valence-electron chi connectivity index (χ2n) is 8.37. The first-order valence-electron chi connectivity index (χ1n) is 11.4. The third-order valence-corrected chi connectivity index (χ3v) is 6.89. The first-order chi connectivity index (χ1) is 18.6. The Balaban J connectivity index is 0.00000840. The number of carboxylic acid groups (broad SMARTS) is 2. The van der Waals surface area contributed by atoms with Gasteiger partial charge in [0.2, 0.25) is 11.8 Å². The Bertz CT molecular complexity index is 1200. The van der Waals surface area contributed by atoms with E-state index in [0.29, 0.717) is 0 Å². The molecule has 13 N–H and O–H groups in total. The summed E-state index contributed by atoms with van der Waals surface area (Å²) >= 11 is 3.90. The van der Waals surface area contributed by atoms with Crippen LogP contribution in [-0.4, -0.2) is 108 Å². The number of nitrogen functional groups attached to an aromatic ring is 1. The van der Waals surface area contributed by atoms with E-state index in [9.17, 15) is 43.6 Å². The lowest BCUT2D eigenvalue weighted by Gasteiger charge is -2.24. The number of amides is 2. The topological polar surface area (TPSA) is 337 Å². The number of hydrogen-bond acceptors (Lipinski definition) is 14. The second-order valence-corrected chi connectivity index (χ2v) is 10.3. The number of aliphatic hydroxyl groups is 2. The smallest absolute Gasteiger partial charge is 0.403 e. The van der Waals surface area contributed by atoms with Crippen LogP contribution in [0.3, 0.4) is 0 Å². The number of ether oxygens (including phenoxy) is 1. The van der Waals surface area contributed by atoms with E-state index in [0.717, 1.165) is 10.8 Å². The SMILES string of the molecule is N.Nc1ccn([C@@H]2O[C@H](COP(=O)(O)N[C@@H](CCC(=O)O)C(=O)N[C@@H](CS)C(=O)NCC(=O)O)[C@@H](O)[C@H]2O)c(=O)n1. The van der Waals surface area contributed by atoms with Crippen molar-refractivity contribution in [3.63, 3.8) is 0 Å². The summed E-state index contributed by atoms with van der Waals surface area (Å²) in [5, 5.41) is 44.4. The molecule has 41 heavy (non-hydrogen) atoms. The molecule has 1 fully saturated rings. The van der Waals surface area contributed by atoms with Crippen LogP contribution in [0.15, 0.2) is 17.1 Å². The normalized spacial score (nSPS) is 22.9. The lowest BCUT2D eigenvalue weighted by molar-refractivity contribution is -0.138. The Hall–Kier alpha value is -3.14. The van der Waals surface area contributed by atoms with Crippen molar-refractivity contribution in [3.8, 4) is 0 Å². The number of nitrogens with one attached hydrogen (secondary N) is 3. The standard InChI is InChI=1S/C19H29N6O13PS.H3N/c20-11-3-4-25(19(34)23-11)18-15(31)14(30)10(38-18)6-37-39(35,36)24-8(1-2-12(26)27)17(33)22-9(7-40)16(32)21-5-13(28)29;/h3-4,8-10,14-15,18,30-31,40H,1-2,5-7H2,(H,21,32)(H,22,33)(H,26,27)(H,28,29)(H2,20,23,34)(H2,24,35,36);1H3/t8-,9-,10+,14+,15+,18+;/m0./s1. The molecule has 2 amide bonds. The van der Waals surface area contributed by atoms with E-state index in [2.05, 4.69) is 22.9 Å². The van der Waals surface area contributed by atoms with Gasteiger partial charge in [0.1, 0.15) is 36.7 Å². The first kappa shape index (κ1) is 35.9. The molecule has 1 aliphatic heterocycles. The maximum atomic E-state index is 12.7. The summed E-state index contributed by atoms with van der Waals surface area (Å²) in [4.78, 5) is 72.3. The summed E-state index contributed by atoms with van der Waals surface area (Å²) in [5.41, 5.74) is 4.51. The number of aliphatic hydroxyl groups excluding tert-OH is 2. The number of carbonyl (C=O) groups excluding carboxylic acids is 2. The van der Waals surface area contributed by atoms with E-state index in [1.165, 1.54) is 6.07 Å². The van der Waals surface area contributed by atoms with E-state index in [4.69, 9.17) is 25.2 Å². The van der Waals surface area contributed by atoms with Gasteiger partial charge in [0.15, 0.2) is 6.23 Å². The number of rotatable bonds is 15.